The first-order valence-corrected chi connectivity index (χ1v) is 11.7. The number of nitrogens with zero attached hydrogens (tertiary/aromatic N) is 1. The molecule has 1 amide bonds. The quantitative estimate of drug-likeness (QED) is 0.282. The summed E-state index contributed by atoms with van der Waals surface area (Å²) in [6, 6.07) is 8.85. The third-order valence-electron chi connectivity index (χ3n) is 4.41. The van der Waals surface area contributed by atoms with Crippen molar-refractivity contribution >= 4 is 40.3 Å². The summed E-state index contributed by atoms with van der Waals surface area (Å²) >= 11 is 0.902. The van der Waals surface area contributed by atoms with Crippen LogP contribution in [0.15, 0.2) is 29.8 Å². The van der Waals surface area contributed by atoms with Crippen molar-refractivity contribution < 1.29 is 28.6 Å². The largest absolute Gasteiger partial charge is 0.494 e. The second-order valence-electron chi connectivity index (χ2n) is 7.48. The van der Waals surface area contributed by atoms with Crippen molar-refractivity contribution in [1.29, 1.82) is 5.26 Å². The lowest BCUT2D eigenvalue weighted by atomic mass is 10.1. The molecule has 1 aromatic heterocycles. The Balaban J connectivity index is 2.34. The number of nitriles is 1. The summed E-state index contributed by atoms with van der Waals surface area (Å²) in [6.45, 7) is 9.38. The number of benzene rings is 1. The van der Waals surface area contributed by atoms with Gasteiger partial charge in [0, 0.05) is 0 Å². The molecule has 0 aliphatic heterocycles. The van der Waals surface area contributed by atoms with E-state index in [2.05, 4.69) is 5.32 Å². The van der Waals surface area contributed by atoms with Gasteiger partial charge in [0.05, 0.1) is 24.9 Å². The summed E-state index contributed by atoms with van der Waals surface area (Å²) in [4.78, 5) is 38.1. The summed E-state index contributed by atoms with van der Waals surface area (Å²) < 4.78 is 15.9. The van der Waals surface area contributed by atoms with Gasteiger partial charge in [0.25, 0.3) is 5.91 Å². The van der Waals surface area contributed by atoms with E-state index in [-0.39, 0.29) is 33.7 Å². The Labute approximate surface area is 203 Å². The first kappa shape index (κ1) is 26.6. The molecule has 9 heteroatoms. The van der Waals surface area contributed by atoms with E-state index >= 15 is 0 Å². The predicted octanol–water partition coefficient (Wildman–Crippen LogP) is 5.13. The zero-order valence-electron chi connectivity index (χ0n) is 19.9. The molecule has 34 heavy (non-hydrogen) atoms. The van der Waals surface area contributed by atoms with Crippen molar-refractivity contribution in [1.82, 2.24) is 0 Å². The number of rotatable bonds is 10. The van der Waals surface area contributed by atoms with Crippen molar-refractivity contribution in [2.45, 2.75) is 47.1 Å². The minimum atomic E-state index is -0.718. The standard InChI is InChI=1S/C25H28N2O6S/c1-6-12-32-19-10-8-17(9-11-19)13-18(14-26)22(28)27-23-20(24(29)31-7-2)16(5)21(34-23)25(30)33-15(3)4/h8-11,13,15H,6-7,12H2,1-5H3,(H,27,28)/b18-13+. The van der Waals surface area contributed by atoms with Crippen LogP contribution in [0.1, 0.15) is 65.3 Å². The molecule has 180 valence electrons. The maximum Gasteiger partial charge on any atom is 0.348 e. The van der Waals surface area contributed by atoms with Gasteiger partial charge in [0.2, 0.25) is 0 Å². The van der Waals surface area contributed by atoms with Crippen LogP contribution in [-0.4, -0.2) is 37.2 Å². The molecule has 0 atom stereocenters. The number of nitrogens with one attached hydrogen (secondary N) is 1. The van der Waals surface area contributed by atoms with E-state index in [1.165, 1.54) is 6.08 Å². The Hall–Kier alpha value is -3.64. The maximum absolute atomic E-state index is 12.9. The molecule has 0 radical (unpaired) electrons. The van der Waals surface area contributed by atoms with Gasteiger partial charge in [-0.05, 0) is 63.5 Å². The zero-order chi connectivity index (χ0) is 25.3. The van der Waals surface area contributed by atoms with Gasteiger partial charge >= 0.3 is 11.9 Å². The Morgan fingerprint density at radius 2 is 1.82 bits per heavy atom. The Bertz CT molecular complexity index is 1110. The van der Waals surface area contributed by atoms with Crippen LogP contribution in [-0.2, 0) is 14.3 Å². The van der Waals surface area contributed by atoms with E-state index in [1.807, 2.05) is 13.0 Å². The SMILES string of the molecule is CCCOc1ccc(/C=C(\C#N)C(=O)Nc2sc(C(=O)OC(C)C)c(C)c2C(=O)OCC)cc1. The van der Waals surface area contributed by atoms with E-state index < -0.39 is 17.8 Å². The van der Waals surface area contributed by atoms with Gasteiger partial charge in [-0.25, -0.2) is 9.59 Å². The monoisotopic (exact) mass is 484 g/mol. The molecule has 8 nitrogen and oxygen atoms in total. The number of ether oxygens (including phenoxy) is 3. The molecule has 0 aliphatic rings. The van der Waals surface area contributed by atoms with Gasteiger partial charge in [-0.3, -0.25) is 4.79 Å². The average molecular weight is 485 g/mol. The number of anilines is 1. The number of thiophene rings is 1. The number of amides is 1. The molecule has 0 spiro atoms. The highest BCUT2D eigenvalue weighted by molar-refractivity contribution is 7.18. The summed E-state index contributed by atoms with van der Waals surface area (Å²) in [6.07, 6.45) is 1.95. The molecule has 0 bridgehead atoms. The summed E-state index contributed by atoms with van der Waals surface area (Å²) in [5, 5.41) is 12.2. The minimum absolute atomic E-state index is 0.0608. The lowest BCUT2D eigenvalue weighted by Gasteiger charge is -2.07. The summed E-state index contributed by atoms with van der Waals surface area (Å²) in [5.41, 5.74) is 0.860. The molecular weight excluding hydrogens is 456 g/mol. The molecule has 0 saturated carbocycles. The molecule has 2 rings (SSSR count). The predicted molar refractivity (Wildman–Crippen MR) is 130 cm³/mol. The highest BCUT2D eigenvalue weighted by atomic mass is 32.1. The van der Waals surface area contributed by atoms with E-state index in [1.54, 1.807) is 52.0 Å². The molecule has 1 heterocycles. The van der Waals surface area contributed by atoms with Gasteiger partial charge in [0.1, 0.15) is 27.3 Å². The normalized spacial score (nSPS) is 11.0. The maximum atomic E-state index is 12.9. The van der Waals surface area contributed by atoms with E-state index in [0.717, 1.165) is 17.8 Å². The van der Waals surface area contributed by atoms with Crippen molar-refractivity contribution in [2.75, 3.05) is 18.5 Å². The smallest absolute Gasteiger partial charge is 0.348 e. The van der Waals surface area contributed by atoms with Crippen LogP contribution in [0.3, 0.4) is 0 Å². The summed E-state index contributed by atoms with van der Waals surface area (Å²) in [7, 11) is 0. The van der Waals surface area contributed by atoms with Gasteiger partial charge in [-0.1, -0.05) is 19.1 Å². The second-order valence-corrected chi connectivity index (χ2v) is 8.50. The van der Waals surface area contributed by atoms with Crippen LogP contribution in [0.25, 0.3) is 6.08 Å². The number of carbonyl (C=O) groups excluding carboxylic acids is 3. The number of hydrogen-bond donors (Lipinski definition) is 1. The zero-order valence-corrected chi connectivity index (χ0v) is 20.7. The molecule has 1 aromatic carbocycles. The van der Waals surface area contributed by atoms with Crippen LogP contribution in [0.5, 0.6) is 5.75 Å². The highest BCUT2D eigenvalue weighted by Crippen LogP contribution is 2.35. The number of esters is 2. The Morgan fingerprint density at radius 1 is 1.15 bits per heavy atom. The molecule has 0 aliphatic carbocycles. The van der Waals surface area contributed by atoms with Gasteiger partial charge in [-0.15, -0.1) is 11.3 Å². The van der Waals surface area contributed by atoms with Gasteiger partial charge in [-0.2, -0.15) is 5.26 Å². The van der Waals surface area contributed by atoms with E-state index in [4.69, 9.17) is 14.2 Å². The highest BCUT2D eigenvalue weighted by Gasteiger charge is 2.28. The van der Waals surface area contributed by atoms with E-state index in [0.29, 0.717) is 23.5 Å². The Kier molecular flexibility index (Phi) is 9.83. The fraction of sp³-hybridized carbons (Fsp3) is 0.360. The minimum Gasteiger partial charge on any atom is -0.494 e. The van der Waals surface area contributed by atoms with Crippen LogP contribution < -0.4 is 10.1 Å². The van der Waals surface area contributed by atoms with Crippen LogP contribution >= 0.6 is 11.3 Å². The third kappa shape index (κ3) is 6.93. The molecule has 0 saturated heterocycles. The van der Waals surface area contributed by atoms with Crippen molar-refractivity contribution in [3.8, 4) is 11.8 Å². The van der Waals surface area contributed by atoms with Gasteiger partial charge < -0.3 is 19.5 Å². The molecular formula is C25H28N2O6S. The Morgan fingerprint density at radius 3 is 2.38 bits per heavy atom. The molecule has 2 aromatic rings. The van der Waals surface area contributed by atoms with Crippen LogP contribution in [0.2, 0.25) is 0 Å². The van der Waals surface area contributed by atoms with Crippen molar-refractivity contribution in [3.05, 3.63) is 51.4 Å². The lowest BCUT2D eigenvalue weighted by molar-refractivity contribution is -0.112. The lowest BCUT2D eigenvalue weighted by Crippen LogP contribution is -2.16. The second kappa shape index (κ2) is 12.6. The number of hydrogen-bond acceptors (Lipinski definition) is 8. The fourth-order valence-corrected chi connectivity index (χ4v) is 3.95. The van der Waals surface area contributed by atoms with Crippen LogP contribution in [0.4, 0.5) is 5.00 Å². The fourth-order valence-electron chi connectivity index (χ4n) is 2.88. The summed E-state index contributed by atoms with van der Waals surface area (Å²) in [5.74, 6) is -1.31. The average Bonchev–Trinajstić information content (AvgIpc) is 3.12. The first-order valence-electron chi connectivity index (χ1n) is 10.9. The number of carbonyl (C=O) groups is 3. The third-order valence-corrected chi connectivity index (χ3v) is 5.60. The topological polar surface area (TPSA) is 115 Å². The van der Waals surface area contributed by atoms with Crippen LogP contribution in [0, 0.1) is 18.3 Å². The first-order chi connectivity index (χ1) is 16.2. The van der Waals surface area contributed by atoms with Crippen molar-refractivity contribution in [3.63, 3.8) is 0 Å². The van der Waals surface area contributed by atoms with Gasteiger partial charge in [0.15, 0.2) is 0 Å². The van der Waals surface area contributed by atoms with Crippen molar-refractivity contribution in [2.24, 2.45) is 0 Å². The molecule has 0 unspecified atom stereocenters. The molecule has 1 N–H and O–H groups in total. The molecule has 0 fully saturated rings. The van der Waals surface area contributed by atoms with E-state index in [9.17, 15) is 19.6 Å².